The van der Waals surface area contributed by atoms with Crippen LogP contribution >= 0.6 is 0 Å². The summed E-state index contributed by atoms with van der Waals surface area (Å²) in [5, 5.41) is 0. The Morgan fingerprint density at radius 3 is 2.29 bits per heavy atom. The van der Waals surface area contributed by atoms with Gasteiger partial charge in [0.15, 0.2) is 5.78 Å². The minimum Gasteiger partial charge on any atom is -0.393 e. The zero-order valence-electron chi connectivity index (χ0n) is 12.2. The summed E-state index contributed by atoms with van der Waals surface area (Å²) < 4.78 is 4.64. The number of rotatable bonds is 1. The Hall–Kier alpha value is -2.23. The number of carbonyl (C=O) groups excluding carboxylic acids is 3. The van der Waals surface area contributed by atoms with E-state index in [1.807, 2.05) is 26.0 Å². The van der Waals surface area contributed by atoms with Gasteiger partial charge in [0.1, 0.15) is 0 Å². The summed E-state index contributed by atoms with van der Waals surface area (Å²) in [5.74, 6) is -2.40. The molecule has 0 aromatic heterocycles. The summed E-state index contributed by atoms with van der Waals surface area (Å²) in [4.78, 5) is 35.2. The van der Waals surface area contributed by atoms with Gasteiger partial charge in [-0.25, -0.2) is 0 Å². The molecule has 2 unspecified atom stereocenters. The lowest BCUT2D eigenvalue weighted by atomic mass is 9.82. The Morgan fingerprint density at radius 2 is 1.71 bits per heavy atom. The van der Waals surface area contributed by atoms with Crippen molar-refractivity contribution in [1.29, 1.82) is 0 Å². The maximum atomic E-state index is 12.4. The van der Waals surface area contributed by atoms with Crippen molar-refractivity contribution in [3.05, 3.63) is 42.0 Å². The van der Waals surface area contributed by atoms with Gasteiger partial charge in [-0.05, 0) is 17.6 Å². The molecule has 0 N–H and O–H groups in total. The first kappa shape index (κ1) is 15.2. The first-order chi connectivity index (χ1) is 10.1. The Bertz CT molecular complexity index is 580. The molecule has 0 bridgehead atoms. The van der Waals surface area contributed by atoms with E-state index in [9.17, 15) is 14.4 Å². The molecule has 0 amide bonds. The van der Waals surface area contributed by atoms with Gasteiger partial charge in [0.2, 0.25) is 0 Å². The van der Waals surface area contributed by atoms with E-state index in [1.165, 1.54) is 0 Å². The molecule has 0 saturated carbocycles. The third-order valence-corrected chi connectivity index (χ3v) is 3.78. The van der Waals surface area contributed by atoms with Crippen molar-refractivity contribution in [3.8, 4) is 0 Å². The van der Waals surface area contributed by atoms with Crippen molar-refractivity contribution in [3.63, 3.8) is 0 Å². The van der Waals surface area contributed by atoms with Gasteiger partial charge in [-0.1, -0.05) is 44.7 Å². The van der Waals surface area contributed by atoms with Crippen LogP contribution in [0.4, 0.5) is 0 Å². The standard InChI is InChI=1S/C15H12O4.C2H6/c1-8-9-4-2-3-5-10(9)14(17)13(8)11-6-7-12(16)19-15(11)18;1-2/h2-5,11,13H,1,6-7H2;1-2H3. The second-order valence-electron chi connectivity index (χ2n) is 4.85. The zero-order chi connectivity index (χ0) is 15.6. The number of carbonyl (C=O) groups is 3. The van der Waals surface area contributed by atoms with Gasteiger partial charge in [-0.3, -0.25) is 14.4 Å². The van der Waals surface area contributed by atoms with Crippen LogP contribution in [0, 0.1) is 11.8 Å². The molecule has 1 heterocycles. The lowest BCUT2D eigenvalue weighted by molar-refractivity contribution is -0.168. The average molecular weight is 286 g/mol. The predicted molar refractivity (Wildman–Crippen MR) is 78.5 cm³/mol. The summed E-state index contributed by atoms with van der Waals surface area (Å²) in [7, 11) is 0. The molecule has 2 aliphatic rings. The van der Waals surface area contributed by atoms with Crippen LogP contribution in [-0.4, -0.2) is 17.7 Å². The normalized spacial score (nSPS) is 24.1. The zero-order valence-corrected chi connectivity index (χ0v) is 12.2. The van der Waals surface area contributed by atoms with Crippen LogP contribution in [0.3, 0.4) is 0 Å². The Kier molecular flexibility index (Phi) is 4.36. The SMILES string of the molecule is C=C1c2ccccc2C(=O)C1C1CCC(=O)OC1=O.CC. The number of fused-ring (bicyclic) bond motifs is 1. The minimum absolute atomic E-state index is 0.100. The number of benzene rings is 1. The highest BCUT2D eigenvalue weighted by molar-refractivity contribution is 6.15. The van der Waals surface area contributed by atoms with Crippen molar-refractivity contribution in [2.24, 2.45) is 11.8 Å². The first-order valence-corrected chi connectivity index (χ1v) is 7.16. The highest BCUT2D eigenvalue weighted by Crippen LogP contribution is 2.42. The molecular weight excluding hydrogens is 268 g/mol. The molecule has 2 atom stereocenters. The highest BCUT2D eigenvalue weighted by Gasteiger charge is 2.45. The number of cyclic esters (lactones) is 2. The van der Waals surface area contributed by atoms with E-state index in [1.54, 1.807) is 12.1 Å². The van der Waals surface area contributed by atoms with Crippen molar-refractivity contribution >= 4 is 23.3 Å². The fourth-order valence-corrected chi connectivity index (χ4v) is 2.83. The molecule has 110 valence electrons. The summed E-state index contributed by atoms with van der Waals surface area (Å²) >= 11 is 0. The molecule has 1 aliphatic heterocycles. The summed E-state index contributed by atoms with van der Waals surface area (Å²) in [6.07, 6.45) is 0.519. The number of ketones is 1. The molecule has 1 saturated heterocycles. The molecule has 3 rings (SSSR count). The number of ether oxygens (including phenoxy) is 1. The van der Waals surface area contributed by atoms with Crippen LogP contribution in [0.15, 0.2) is 30.8 Å². The van der Waals surface area contributed by atoms with Crippen LogP contribution in [0.25, 0.3) is 5.57 Å². The van der Waals surface area contributed by atoms with Crippen molar-refractivity contribution < 1.29 is 19.1 Å². The van der Waals surface area contributed by atoms with E-state index in [0.717, 1.165) is 5.56 Å². The number of hydrogen-bond acceptors (Lipinski definition) is 4. The minimum atomic E-state index is -0.608. The van der Waals surface area contributed by atoms with Crippen molar-refractivity contribution in [2.75, 3.05) is 0 Å². The fourth-order valence-electron chi connectivity index (χ4n) is 2.83. The molecule has 0 spiro atoms. The smallest absolute Gasteiger partial charge is 0.317 e. The number of Topliss-reactive ketones (excluding diaryl/α,β-unsaturated/α-hetero) is 1. The second-order valence-corrected chi connectivity index (χ2v) is 4.85. The lowest BCUT2D eigenvalue weighted by Gasteiger charge is -2.24. The van der Waals surface area contributed by atoms with E-state index in [-0.39, 0.29) is 12.2 Å². The molecule has 21 heavy (non-hydrogen) atoms. The Balaban J connectivity index is 0.000000774. The van der Waals surface area contributed by atoms with Crippen LogP contribution in [-0.2, 0) is 14.3 Å². The number of allylic oxidation sites excluding steroid dienone is 1. The molecule has 1 aliphatic carbocycles. The summed E-state index contributed by atoms with van der Waals surface area (Å²) in [6.45, 7) is 7.94. The van der Waals surface area contributed by atoms with Gasteiger partial charge in [-0.2, -0.15) is 0 Å². The quantitative estimate of drug-likeness (QED) is 0.588. The van der Waals surface area contributed by atoms with Crippen LogP contribution in [0.1, 0.15) is 42.6 Å². The van der Waals surface area contributed by atoms with Crippen LogP contribution < -0.4 is 0 Å². The highest BCUT2D eigenvalue weighted by atomic mass is 16.6. The third kappa shape index (κ3) is 2.53. The van der Waals surface area contributed by atoms with Gasteiger partial charge in [0, 0.05) is 12.0 Å². The van der Waals surface area contributed by atoms with Crippen LogP contribution in [0.5, 0.6) is 0 Å². The van der Waals surface area contributed by atoms with Gasteiger partial charge < -0.3 is 4.74 Å². The summed E-state index contributed by atoms with van der Waals surface area (Å²) in [6, 6.07) is 7.19. The summed E-state index contributed by atoms with van der Waals surface area (Å²) in [5.41, 5.74) is 2.04. The molecule has 1 fully saturated rings. The van der Waals surface area contributed by atoms with E-state index in [4.69, 9.17) is 0 Å². The molecule has 0 radical (unpaired) electrons. The van der Waals surface area contributed by atoms with E-state index in [0.29, 0.717) is 17.6 Å². The fraction of sp³-hybridized carbons (Fsp3) is 0.353. The maximum Gasteiger partial charge on any atom is 0.317 e. The molecule has 1 aromatic carbocycles. The molecule has 4 nitrogen and oxygen atoms in total. The number of esters is 2. The van der Waals surface area contributed by atoms with E-state index < -0.39 is 23.8 Å². The third-order valence-electron chi connectivity index (χ3n) is 3.78. The van der Waals surface area contributed by atoms with Crippen molar-refractivity contribution in [1.82, 2.24) is 0 Å². The lowest BCUT2D eigenvalue weighted by Crippen LogP contribution is -2.35. The van der Waals surface area contributed by atoms with Gasteiger partial charge >= 0.3 is 11.9 Å². The largest absolute Gasteiger partial charge is 0.393 e. The molecule has 4 heteroatoms. The monoisotopic (exact) mass is 286 g/mol. The maximum absolute atomic E-state index is 12.4. The second kappa shape index (κ2) is 6.04. The first-order valence-electron chi connectivity index (χ1n) is 7.16. The molecular formula is C17H18O4. The van der Waals surface area contributed by atoms with Gasteiger partial charge in [0.05, 0.1) is 11.8 Å². The van der Waals surface area contributed by atoms with E-state index >= 15 is 0 Å². The Labute approximate surface area is 123 Å². The van der Waals surface area contributed by atoms with E-state index in [2.05, 4.69) is 11.3 Å². The van der Waals surface area contributed by atoms with Crippen LogP contribution in [0.2, 0.25) is 0 Å². The number of hydrogen-bond donors (Lipinski definition) is 0. The molecule has 1 aromatic rings. The topological polar surface area (TPSA) is 60.4 Å². The van der Waals surface area contributed by atoms with Crippen molar-refractivity contribution in [2.45, 2.75) is 26.7 Å². The van der Waals surface area contributed by atoms with Gasteiger partial charge in [0.25, 0.3) is 0 Å². The predicted octanol–water partition coefficient (Wildman–Crippen LogP) is 3.02. The van der Waals surface area contributed by atoms with Gasteiger partial charge in [-0.15, -0.1) is 0 Å². The Morgan fingerprint density at radius 1 is 1.10 bits per heavy atom. The average Bonchev–Trinajstić information content (AvgIpc) is 2.75.